The molecule has 0 fully saturated rings. The van der Waals surface area contributed by atoms with Crippen molar-refractivity contribution in [3.63, 3.8) is 0 Å². The van der Waals surface area contributed by atoms with Gasteiger partial charge in [-0.05, 0) is 96.4 Å². The molecule has 50 heteroatoms. The zero-order chi connectivity index (χ0) is 74.5. The molecule has 103 heavy (non-hydrogen) atoms. The van der Waals surface area contributed by atoms with Gasteiger partial charge in [0.15, 0.2) is 11.5 Å². The number of phenolic OH excluding ortho intramolecular Hbond substituents is 5. The summed E-state index contributed by atoms with van der Waals surface area (Å²) in [5.41, 5.74) is -0.265. The molecule has 2 radical (unpaired) electrons. The topological polar surface area (TPSA) is 634 Å². The molecule has 1 aliphatic carbocycles. The summed E-state index contributed by atoms with van der Waals surface area (Å²) in [6.45, 7) is 0.222. The van der Waals surface area contributed by atoms with Crippen molar-refractivity contribution in [2.24, 2.45) is 20.5 Å². The maximum Gasteiger partial charge on any atom is 0.425 e. The Morgan fingerprint density at radius 2 is 0.835 bits per heavy atom. The Morgan fingerprint density at radius 1 is 0.427 bits per heavy atom. The minimum atomic E-state index is -4.66. The number of aromatic hydroxyl groups is 5. The minimum Gasteiger partial charge on any atom is -0.510 e. The van der Waals surface area contributed by atoms with Gasteiger partial charge in [0.05, 0.1) is 54.7 Å². The van der Waals surface area contributed by atoms with E-state index in [1.54, 1.807) is 42.5 Å². The zero-order valence-corrected chi connectivity index (χ0v) is 57.3. The first-order chi connectivity index (χ1) is 47.6. The van der Waals surface area contributed by atoms with Gasteiger partial charge in [-0.3, -0.25) is 9.11 Å². The summed E-state index contributed by atoms with van der Waals surface area (Å²) >= 11 is 0. The first kappa shape index (κ1) is 84.0. The number of anilines is 9. The number of hydrogen-bond acceptors (Lipinski definition) is 38. The zero-order valence-electron chi connectivity index (χ0n) is 50.5. The molecule has 0 bridgehead atoms. The van der Waals surface area contributed by atoms with Gasteiger partial charge >= 0.3 is 54.6 Å². The van der Waals surface area contributed by atoms with Crippen LogP contribution in [0.4, 0.5) is 83.8 Å². The molecule has 1 aliphatic rings. The summed E-state index contributed by atoms with van der Waals surface area (Å²) < 4.78 is 198. The summed E-state index contributed by atoms with van der Waals surface area (Å²) in [5, 5.41) is 101. The van der Waals surface area contributed by atoms with Gasteiger partial charge in [-0.25, -0.2) is 0 Å². The van der Waals surface area contributed by atoms with E-state index in [-0.39, 0.29) is 180 Å². The molecular weight excluding hydrogens is 1600 g/mol. The summed E-state index contributed by atoms with van der Waals surface area (Å²) in [5.74, 6) is -3.10. The van der Waals surface area contributed by atoms with Crippen molar-refractivity contribution < 1.29 is 150 Å². The summed E-state index contributed by atoms with van der Waals surface area (Å²) in [7, 11) is -21.7. The summed E-state index contributed by atoms with van der Waals surface area (Å²) in [4.78, 5) is 22.2. The van der Waals surface area contributed by atoms with Gasteiger partial charge < -0.3 is 62.5 Å². The molecule has 0 unspecified atom stereocenters. The van der Waals surface area contributed by atoms with Crippen LogP contribution in [0.25, 0.3) is 21.5 Å². The van der Waals surface area contributed by atoms with Gasteiger partial charge in [0.1, 0.15) is 45.8 Å². The van der Waals surface area contributed by atoms with Crippen LogP contribution in [-0.4, -0.2) is 150 Å². The van der Waals surface area contributed by atoms with Gasteiger partial charge in [-0.15, -0.1) is 71.0 Å². The summed E-state index contributed by atoms with van der Waals surface area (Å²) in [6.07, 6.45) is -1.30. The Labute approximate surface area is 603 Å². The number of phenols is 5. The maximum atomic E-state index is 14.8. The van der Waals surface area contributed by atoms with Gasteiger partial charge in [0, 0.05) is 53.6 Å². The number of rotatable bonds is 20. The van der Waals surface area contributed by atoms with Crippen molar-refractivity contribution >= 4 is 159 Å². The number of aromatic nitrogens is 6. The number of para-hydroxylation sites is 2. The number of nitrogens with one attached hydrogen (secondary N) is 6. The number of halogens is 2. The summed E-state index contributed by atoms with van der Waals surface area (Å²) in [6, 6.07) is 27.2. The molecule has 0 aliphatic heterocycles. The molecule has 0 spiro atoms. The van der Waals surface area contributed by atoms with Gasteiger partial charge in [-0.1, -0.05) is 48.5 Å². The number of benzene rings is 7. The van der Waals surface area contributed by atoms with E-state index < -0.39 is 97.0 Å². The second-order valence-corrected chi connectivity index (χ2v) is 23.6. The number of hydrogen-bond donors (Lipinski definition) is 14. The quantitative estimate of drug-likeness (QED) is 0.0119. The molecular formula is C53H44Cu2F2N16O24S6. The third-order valence-corrected chi connectivity index (χ3v) is 14.4. The first-order valence-corrected chi connectivity index (χ1v) is 33.8. The van der Waals surface area contributed by atoms with Crippen LogP contribution in [0.15, 0.2) is 163 Å². The number of azo groups is 2. The third kappa shape index (κ3) is 25.6. The predicted octanol–water partition coefficient (Wildman–Crippen LogP) is 7.12. The molecule has 9 aromatic rings. The van der Waals surface area contributed by atoms with Crippen molar-refractivity contribution in [1.29, 1.82) is 0 Å². The molecule has 7 aromatic carbocycles. The van der Waals surface area contributed by atoms with Crippen molar-refractivity contribution in [2.75, 3.05) is 45.0 Å². The molecule has 0 saturated heterocycles. The number of aliphatic hydroxyl groups excluding tert-OH is 1. The molecule has 0 atom stereocenters. The number of nitrogens with zero attached hydrogens (tertiary/aromatic N) is 10. The molecule has 2 heterocycles. The first-order valence-electron chi connectivity index (χ1n) is 26.9. The fourth-order valence-corrected chi connectivity index (χ4v) is 9.63. The molecule has 14 N–H and O–H groups in total. The largest absolute Gasteiger partial charge is 0.510 e. The van der Waals surface area contributed by atoms with E-state index >= 15 is 0 Å². The average molecular weight is 1650 g/mol. The van der Waals surface area contributed by atoms with E-state index in [1.165, 1.54) is 54.6 Å². The average Bonchev–Trinajstić information content (AvgIpc) is 0.784. The second-order valence-electron chi connectivity index (χ2n) is 19.0. The molecule has 40 nitrogen and oxygen atoms in total. The smallest absolute Gasteiger partial charge is 0.425 e. The van der Waals surface area contributed by atoms with Crippen LogP contribution in [0.1, 0.15) is 19.3 Å². The minimum absolute atomic E-state index is 0. The maximum absolute atomic E-state index is 14.8. The van der Waals surface area contributed by atoms with Crippen molar-refractivity contribution in [1.82, 2.24) is 29.9 Å². The van der Waals surface area contributed by atoms with Gasteiger partial charge in [0.2, 0.25) is 23.8 Å². The molecule has 552 valence electrons. The Balaban J connectivity index is 0.00000113. The SMILES string of the molecule is O=S(=O)(O)C1=CC(Nc2ccc3cccc(O)c3c2N=Nc2cccc(Nc3nc(F)nc(NCCCNc4nc(F)nc(Nc5cccc(N=Nc6c(Nc7cc(S(=O)(=O)O)ccc7O)ccc7cccc(O)c67)c5O)n4)n3)c2O)=C(O)CC1.O=S(=O)=O.O=S(=O)=O.O=S(=O)=O.O=S(=O)=O.[Cu].[Cu]. The van der Waals surface area contributed by atoms with E-state index in [2.05, 4.69) is 82.3 Å². The monoisotopic (exact) mass is 1640 g/mol. The van der Waals surface area contributed by atoms with Crippen LogP contribution < -0.4 is 31.9 Å². The number of fused-ring (bicyclic) bond motifs is 2. The van der Waals surface area contributed by atoms with E-state index in [0.717, 1.165) is 24.3 Å². The van der Waals surface area contributed by atoms with Crippen LogP contribution >= 0.6 is 0 Å². The predicted molar refractivity (Wildman–Crippen MR) is 346 cm³/mol. The van der Waals surface area contributed by atoms with E-state index in [0.29, 0.717) is 10.8 Å². The second kappa shape index (κ2) is 38.4. The third-order valence-electron chi connectivity index (χ3n) is 12.5. The Morgan fingerprint density at radius 3 is 1.25 bits per heavy atom. The van der Waals surface area contributed by atoms with Crippen LogP contribution in [0, 0.1) is 12.2 Å². The van der Waals surface area contributed by atoms with Crippen molar-refractivity contribution in [3.8, 4) is 28.7 Å². The molecule has 2 aromatic heterocycles. The Hall–Kier alpha value is -11.4. The van der Waals surface area contributed by atoms with Crippen LogP contribution in [-0.2, 0) is 96.8 Å². The van der Waals surface area contributed by atoms with Gasteiger partial charge in [0.25, 0.3) is 20.2 Å². The van der Waals surface area contributed by atoms with Crippen LogP contribution in [0.3, 0.4) is 0 Å². The number of aliphatic hydroxyl groups is 1. The van der Waals surface area contributed by atoms with Crippen molar-refractivity contribution in [2.45, 2.75) is 24.2 Å². The standard InChI is InChI=1S/C53H44F2N16O12S2.2Cu.4O3S/c54-48-62-50(66-52(64-48)60-32-8-3-10-34(46(32)76)68-70-44-30(18-14-26-6-1-12-40(74)42(26)44)58-36-24-28(84(78,79)80)16-20-38(36)72)56-22-5-23-57-51-63-49(55)65-53(67-51)61-33-9-4-11-35(47(33)77)69-71-45-31(19-15-27-7-2-13-41(75)43(27)45)59-37-25-29(85(81,82)83)17-21-39(37)73;;;4*1-4(2)3/h1-4,6-16,18-20,24-25,58-59,72-77H,5,17,21-23H2,(H,78,79,80)(H,81,82,83)(H2,56,60,62,64,66)(H2,57,61,63,65,67);;;;;;. The normalized spacial score (nSPS) is 11.6. The Kier molecular flexibility index (Phi) is 31.3. The van der Waals surface area contributed by atoms with Crippen LogP contribution in [0.2, 0.25) is 0 Å². The van der Waals surface area contributed by atoms with Gasteiger partial charge in [-0.2, -0.15) is 55.5 Å². The van der Waals surface area contributed by atoms with E-state index in [4.69, 9.17) is 50.5 Å². The fraction of sp³-hybridized carbons (Fsp3) is 0.0943. The van der Waals surface area contributed by atoms with Crippen LogP contribution in [0.5, 0.6) is 28.7 Å². The fourth-order valence-electron chi connectivity index (χ4n) is 8.50. The van der Waals surface area contributed by atoms with E-state index in [1.807, 2.05) is 0 Å². The van der Waals surface area contributed by atoms with E-state index in [9.17, 15) is 65.4 Å². The Bertz CT molecular complexity index is 5420. The molecule has 0 saturated carbocycles. The molecule has 0 amide bonds. The number of allylic oxidation sites excluding steroid dienone is 3. The molecule has 10 rings (SSSR count). The van der Waals surface area contributed by atoms with Crippen molar-refractivity contribution in [3.05, 3.63) is 150 Å².